The van der Waals surface area contributed by atoms with Gasteiger partial charge in [-0.25, -0.2) is 9.37 Å². The minimum absolute atomic E-state index is 0.257. The van der Waals surface area contributed by atoms with Crippen molar-refractivity contribution < 1.29 is 9.18 Å². The van der Waals surface area contributed by atoms with Gasteiger partial charge in [-0.1, -0.05) is 18.2 Å². The Kier molecular flexibility index (Phi) is 4.40. The molecule has 2 rings (SSSR count). The molecule has 2 aromatic rings. The first-order valence-electron chi connectivity index (χ1n) is 6.08. The van der Waals surface area contributed by atoms with Crippen molar-refractivity contribution in [2.24, 2.45) is 0 Å². The Morgan fingerprint density at radius 2 is 2.10 bits per heavy atom. The Labute approximate surface area is 115 Å². The van der Waals surface area contributed by atoms with Gasteiger partial charge in [0.1, 0.15) is 17.6 Å². The molecule has 0 atom stereocenters. The van der Waals surface area contributed by atoms with Crippen LogP contribution in [-0.4, -0.2) is 17.4 Å². The third kappa shape index (κ3) is 3.39. The van der Waals surface area contributed by atoms with Gasteiger partial charge in [-0.05, 0) is 30.2 Å². The molecule has 1 aromatic carbocycles. The van der Waals surface area contributed by atoms with Crippen molar-refractivity contribution in [1.29, 1.82) is 5.26 Å². The maximum absolute atomic E-state index is 13.4. The lowest BCUT2D eigenvalue weighted by Gasteiger charge is -2.06. The fourth-order valence-electron chi connectivity index (χ4n) is 1.71. The smallest absolute Gasteiger partial charge is 0.252 e. The first kappa shape index (κ1) is 13.7. The molecular weight excluding hydrogens is 257 g/mol. The van der Waals surface area contributed by atoms with Crippen LogP contribution in [-0.2, 0) is 6.42 Å². The summed E-state index contributed by atoms with van der Waals surface area (Å²) in [4.78, 5) is 15.6. The number of carbonyl (C=O) groups is 1. The summed E-state index contributed by atoms with van der Waals surface area (Å²) in [6, 6.07) is 11.3. The first-order chi connectivity index (χ1) is 9.70. The van der Waals surface area contributed by atoms with Gasteiger partial charge in [-0.3, -0.25) is 4.79 Å². The number of rotatable bonds is 4. The van der Waals surface area contributed by atoms with Crippen LogP contribution in [0.15, 0.2) is 42.6 Å². The summed E-state index contributed by atoms with van der Waals surface area (Å²) in [6.07, 6.45) is 1.76. The van der Waals surface area contributed by atoms with Gasteiger partial charge >= 0.3 is 0 Å². The Morgan fingerprint density at radius 1 is 1.30 bits per heavy atom. The van der Waals surface area contributed by atoms with Crippen molar-refractivity contribution in [3.05, 3.63) is 65.2 Å². The van der Waals surface area contributed by atoms with E-state index in [9.17, 15) is 9.18 Å². The number of hydrogen-bond acceptors (Lipinski definition) is 3. The predicted molar refractivity (Wildman–Crippen MR) is 71.4 cm³/mol. The van der Waals surface area contributed by atoms with Crippen LogP contribution < -0.4 is 5.32 Å². The summed E-state index contributed by atoms with van der Waals surface area (Å²) in [5.74, 6) is -0.569. The zero-order valence-corrected chi connectivity index (χ0v) is 10.6. The second-order valence-corrected chi connectivity index (χ2v) is 4.14. The van der Waals surface area contributed by atoms with Gasteiger partial charge in [0.15, 0.2) is 0 Å². The molecule has 0 aliphatic heterocycles. The van der Waals surface area contributed by atoms with Crippen LogP contribution in [0.5, 0.6) is 0 Å². The molecule has 1 amide bonds. The molecule has 0 fully saturated rings. The highest BCUT2D eigenvalue weighted by molar-refractivity contribution is 5.93. The summed E-state index contributed by atoms with van der Waals surface area (Å²) in [5, 5.41) is 11.3. The topological polar surface area (TPSA) is 65.8 Å². The number of carbonyl (C=O) groups excluding carboxylic acids is 1. The molecule has 1 N–H and O–H groups in total. The van der Waals surface area contributed by atoms with Gasteiger partial charge in [0.05, 0.1) is 5.56 Å². The van der Waals surface area contributed by atoms with Gasteiger partial charge in [-0.2, -0.15) is 5.26 Å². The fraction of sp³-hybridized carbons (Fsp3) is 0.133. The Hall–Kier alpha value is -2.74. The van der Waals surface area contributed by atoms with Crippen LogP contribution in [0.2, 0.25) is 0 Å². The van der Waals surface area contributed by atoms with Gasteiger partial charge in [0.2, 0.25) is 0 Å². The highest BCUT2D eigenvalue weighted by Crippen LogP contribution is 2.06. The Balaban J connectivity index is 1.89. The van der Waals surface area contributed by atoms with Crippen molar-refractivity contribution in [3.63, 3.8) is 0 Å². The third-order valence-corrected chi connectivity index (χ3v) is 2.78. The number of amides is 1. The lowest BCUT2D eigenvalue weighted by Crippen LogP contribution is -2.26. The summed E-state index contributed by atoms with van der Waals surface area (Å²) >= 11 is 0. The molecule has 0 saturated carbocycles. The highest BCUT2D eigenvalue weighted by atomic mass is 19.1. The largest absolute Gasteiger partial charge is 0.352 e. The third-order valence-electron chi connectivity index (χ3n) is 2.78. The fourth-order valence-corrected chi connectivity index (χ4v) is 1.71. The molecule has 0 aliphatic rings. The normalized spacial score (nSPS) is 9.80. The molecule has 0 spiro atoms. The molecule has 100 valence electrons. The van der Waals surface area contributed by atoms with Crippen molar-refractivity contribution in [3.8, 4) is 6.07 Å². The van der Waals surface area contributed by atoms with E-state index in [1.807, 2.05) is 6.07 Å². The SMILES string of the molecule is N#Cc1ccc(C(=O)NCCc2ccccc2F)cn1. The van der Waals surface area contributed by atoms with E-state index in [1.54, 1.807) is 18.2 Å². The molecule has 20 heavy (non-hydrogen) atoms. The Bertz CT molecular complexity index is 647. The number of nitriles is 1. The average molecular weight is 269 g/mol. The first-order valence-corrected chi connectivity index (χ1v) is 6.08. The monoisotopic (exact) mass is 269 g/mol. The molecule has 0 aliphatic carbocycles. The molecule has 0 unspecified atom stereocenters. The molecule has 1 aromatic heterocycles. The maximum atomic E-state index is 13.4. The lowest BCUT2D eigenvalue weighted by molar-refractivity contribution is 0.0953. The second kappa shape index (κ2) is 6.43. The van der Waals surface area contributed by atoms with Crippen molar-refractivity contribution in [2.45, 2.75) is 6.42 Å². The molecule has 0 radical (unpaired) electrons. The number of aromatic nitrogens is 1. The van der Waals surface area contributed by atoms with E-state index < -0.39 is 0 Å². The van der Waals surface area contributed by atoms with Crippen LogP contribution in [0.25, 0.3) is 0 Å². The van der Waals surface area contributed by atoms with Crippen molar-refractivity contribution in [1.82, 2.24) is 10.3 Å². The highest BCUT2D eigenvalue weighted by Gasteiger charge is 2.06. The zero-order valence-electron chi connectivity index (χ0n) is 10.6. The van der Waals surface area contributed by atoms with E-state index in [4.69, 9.17) is 5.26 Å². The second-order valence-electron chi connectivity index (χ2n) is 4.14. The molecule has 1 heterocycles. The number of hydrogen-bond donors (Lipinski definition) is 1. The quantitative estimate of drug-likeness (QED) is 0.924. The van der Waals surface area contributed by atoms with E-state index in [2.05, 4.69) is 10.3 Å². The minimum Gasteiger partial charge on any atom is -0.352 e. The van der Waals surface area contributed by atoms with E-state index >= 15 is 0 Å². The van der Waals surface area contributed by atoms with Crippen LogP contribution in [0, 0.1) is 17.1 Å². The van der Waals surface area contributed by atoms with Crippen LogP contribution >= 0.6 is 0 Å². The van der Waals surface area contributed by atoms with Gasteiger partial charge in [-0.15, -0.1) is 0 Å². The van der Waals surface area contributed by atoms with Crippen LogP contribution in [0.4, 0.5) is 4.39 Å². The molecular formula is C15H12FN3O. The lowest BCUT2D eigenvalue weighted by atomic mass is 10.1. The van der Waals surface area contributed by atoms with Crippen LogP contribution in [0.1, 0.15) is 21.6 Å². The summed E-state index contributed by atoms with van der Waals surface area (Å²) in [7, 11) is 0. The zero-order chi connectivity index (χ0) is 14.4. The van der Waals surface area contributed by atoms with E-state index in [0.29, 0.717) is 24.1 Å². The number of benzene rings is 1. The average Bonchev–Trinajstić information content (AvgIpc) is 2.49. The maximum Gasteiger partial charge on any atom is 0.252 e. The molecule has 5 heteroatoms. The molecule has 4 nitrogen and oxygen atoms in total. The summed E-state index contributed by atoms with van der Waals surface area (Å²) < 4.78 is 13.4. The minimum atomic E-state index is -0.293. The Morgan fingerprint density at radius 3 is 2.75 bits per heavy atom. The number of nitrogens with zero attached hydrogens (tertiary/aromatic N) is 2. The van der Waals surface area contributed by atoms with Gasteiger partial charge < -0.3 is 5.32 Å². The standard InChI is InChI=1S/C15H12FN3O/c16-14-4-2-1-3-11(14)7-8-18-15(20)12-5-6-13(9-17)19-10-12/h1-6,10H,7-8H2,(H,18,20). The molecule has 0 bridgehead atoms. The summed E-state index contributed by atoms with van der Waals surface area (Å²) in [5.41, 5.74) is 1.19. The van der Waals surface area contributed by atoms with Gasteiger partial charge in [0, 0.05) is 12.7 Å². The van der Waals surface area contributed by atoms with Crippen molar-refractivity contribution >= 4 is 5.91 Å². The number of nitrogens with one attached hydrogen (secondary N) is 1. The number of pyridine rings is 1. The van der Waals surface area contributed by atoms with E-state index in [-0.39, 0.29) is 17.4 Å². The molecule has 0 saturated heterocycles. The van der Waals surface area contributed by atoms with Crippen LogP contribution in [0.3, 0.4) is 0 Å². The predicted octanol–water partition coefficient (Wildman–Crippen LogP) is 2.06. The van der Waals surface area contributed by atoms with Crippen molar-refractivity contribution in [2.75, 3.05) is 6.54 Å². The van der Waals surface area contributed by atoms with E-state index in [0.717, 1.165) is 0 Å². The van der Waals surface area contributed by atoms with E-state index in [1.165, 1.54) is 24.4 Å². The number of halogens is 1. The van der Waals surface area contributed by atoms with Gasteiger partial charge in [0.25, 0.3) is 5.91 Å². The summed E-state index contributed by atoms with van der Waals surface area (Å²) in [6.45, 7) is 0.333.